The summed E-state index contributed by atoms with van der Waals surface area (Å²) in [5.74, 6) is 2.21. The fourth-order valence-corrected chi connectivity index (χ4v) is 5.27. The van der Waals surface area contributed by atoms with Crippen LogP contribution in [0.25, 0.3) is 0 Å². The lowest BCUT2D eigenvalue weighted by molar-refractivity contribution is -0.128. The van der Waals surface area contributed by atoms with Crippen LogP contribution in [0.3, 0.4) is 0 Å². The number of nitrogens with zero attached hydrogens (tertiary/aromatic N) is 1. The number of benzene rings is 1. The first kappa shape index (κ1) is 19.0. The van der Waals surface area contributed by atoms with Gasteiger partial charge in [0, 0.05) is 36.7 Å². The van der Waals surface area contributed by atoms with Gasteiger partial charge >= 0.3 is 0 Å². The van der Waals surface area contributed by atoms with E-state index in [-0.39, 0.29) is 23.9 Å². The highest BCUT2D eigenvalue weighted by Crippen LogP contribution is 2.47. The van der Waals surface area contributed by atoms with Gasteiger partial charge in [-0.3, -0.25) is 9.69 Å². The summed E-state index contributed by atoms with van der Waals surface area (Å²) in [4.78, 5) is 15.1. The van der Waals surface area contributed by atoms with Crippen molar-refractivity contribution in [2.75, 3.05) is 26.2 Å². The number of nitrogens with two attached hydrogens (primary N) is 1. The van der Waals surface area contributed by atoms with Crippen molar-refractivity contribution in [1.82, 2.24) is 10.2 Å². The van der Waals surface area contributed by atoms with E-state index in [0.717, 1.165) is 49.7 Å². The maximum atomic E-state index is 12.7. The number of carbonyl (C=O) groups excluding carboxylic acids is 1. The molecule has 1 aromatic rings. The molecule has 4 unspecified atom stereocenters. The summed E-state index contributed by atoms with van der Waals surface area (Å²) in [7, 11) is 0. The molecule has 3 aliphatic rings. The summed E-state index contributed by atoms with van der Waals surface area (Å²) < 4.78 is 5.78. The molecule has 5 nitrogen and oxygen atoms in total. The highest BCUT2D eigenvalue weighted by Gasteiger charge is 2.49. The molecule has 1 heterocycles. The van der Waals surface area contributed by atoms with Crippen molar-refractivity contribution < 1.29 is 9.53 Å². The van der Waals surface area contributed by atoms with E-state index in [1.54, 1.807) is 0 Å². The molecule has 2 bridgehead atoms. The Balaban J connectivity index is 1.16. The Morgan fingerprint density at radius 1 is 1.15 bits per heavy atom. The van der Waals surface area contributed by atoms with E-state index < -0.39 is 0 Å². The van der Waals surface area contributed by atoms with Crippen molar-refractivity contribution in [1.29, 1.82) is 0 Å². The molecule has 1 saturated heterocycles. The number of fused-ring (bicyclic) bond motifs is 2. The first-order valence-electron chi connectivity index (χ1n) is 10.3. The van der Waals surface area contributed by atoms with Crippen molar-refractivity contribution in [2.24, 2.45) is 23.5 Å². The monoisotopic (exact) mass is 391 g/mol. The van der Waals surface area contributed by atoms with Crippen LogP contribution in [-0.2, 0) is 4.79 Å². The van der Waals surface area contributed by atoms with Crippen molar-refractivity contribution >= 4 is 17.5 Å². The zero-order chi connectivity index (χ0) is 18.8. The van der Waals surface area contributed by atoms with Crippen molar-refractivity contribution in [3.8, 4) is 5.75 Å². The lowest BCUT2D eigenvalue weighted by atomic mass is 9.84. The number of nitrogens with one attached hydrogen (secondary N) is 1. The number of ether oxygens (including phenoxy) is 1. The summed E-state index contributed by atoms with van der Waals surface area (Å²) in [5.41, 5.74) is 6.31. The van der Waals surface area contributed by atoms with Gasteiger partial charge in [0.15, 0.2) is 0 Å². The predicted molar refractivity (Wildman–Crippen MR) is 107 cm³/mol. The molecule has 0 aromatic heterocycles. The molecule has 4 rings (SSSR count). The number of carbonyl (C=O) groups is 1. The molecule has 1 amide bonds. The number of rotatable bonds is 6. The molecule has 148 valence electrons. The largest absolute Gasteiger partial charge is 0.492 e. The number of halogens is 1. The number of piperidine rings is 1. The number of hydrogen-bond acceptors (Lipinski definition) is 4. The molecule has 0 radical (unpaired) electrons. The second kappa shape index (κ2) is 8.38. The fourth-order valence-electron chi connectivity index (χ4n) is 5.15. The van der Waals surface area contributed by atoms with E-state index in [9.17, 15) is 4.79 Å². The summed E-state index contributed by atoms with van der Waals surface area (Å²) in [5, 5.41) is 4.01. The Labute approximate surface area is 166 Å². The minimum atomic E-state index is 0.0505. The molecular formula is C21H30ClN3O2. The van der Waals surface area contributed by atoms with E-state index in [0.29, 0.717) is 18.4 Å². The third kappa shape index (κ3) is 4.41. The van der Waals surface area contributed by atoms with E-state index in [1.165, 1.54) is 12.8 Å². The third-order valence-electron chi connectivity index (χ3n) is 6.71. The molecule has 3 fully saturated rings. The second-order valence-electron chi connectivity index (χ2n) is 8.36. The van der Waals surface area contributed by atoms with Crippen LogP contribution in [0.4, 0.5) is 0 Å². The lowest BCUT2D eigenvalue weighted by Gasteiger charge is -2.34. The molecule has 27 heavy (non-hydrogen) atoms. The van der Waals surface area contributed by atoms with Crippen LogP contribution in [0.5, 0.6) is 5.75 Å². The molecule has 0 spiro atoms. The molecule has 4 atom stereocenters. The lowest BCUT2D eigenvalue weighted by Crippen LogP contribution is -2.51. The molecule has 6 heteroatoms. The molecule has 3 N–H and O–H groups in total. The Bertz CT molecular complexity index is 643. The Morgan fingerprint density at radius 2 is 1.85 bits per heavy atom. The number of hydrogen-bond donors (Lipinski definition) is 2. The molecular weight excluding hydrogens is 362 g/mol. The van der Waals surface area contributed by atoms with Crippen molar-refractivity contribution in [2.45, 2.75) is 44.2 Å². The van der Waals surface area contributed by atoms with E-state index in [1.807, 2.05) is 24.3 Å². The topological polar surface area (TPSA) is 67.6 Å². The maximum Gasteiger partial charge on any atom is 0.225 e. The zero-order valence-corrected chi connectivity index (χ0v) is 16.5. The quantitative estimate of drug-likeness (QED) is 0.782. The zero-order valence-electron chi connectivity index (χ0n) is 15.8. The average Bonchev–Trinajstić information content (AvgIpc) is 3.26. The average molecular weight is 392 g/mol. The molecule has 1 aliphatic heterocycles. The summed E-state index contributed by atoms with van der Waals surface area (Å²) in [6, 6.07) is 7.83. The van der Waals surface area contributed by atoms with E-state index >= 15 is 0 Å². The van der Waals surface area contributed by atoms with Gasteiger partial charge in [-0.2, -0.15) is 0 Å². The smallest absolute Gasteiger partial charge is 0.225 e. The van der Waals surface area contributed by atoms with Gasteiger partial charge in [0.05, 0.1) is 5.92 Å². The van der Waals surface area contributed by atoms with Crippen LogP contribution in [0.15, 0.2) is 24.3 Å². The first-order valence-corrected chi connectivity index (χ1v) is 10.6. The van der Waals surface area contributed by atoms with Gasteiger partial charge in [-0.25, -0.2) is 0 Å². The normalized spacial score (nSPS) is 31.2. The summed E-state index contributed by atoms with van der Waals surface area (Å²) >= 11 is 5.88. The molecule has 1 aromatic carbocycles. The highest BCUT2D eigenvalue weighted by molar-refractivity contribution is 6.30. The van der Waals surface area contributed by atoms with Gasteiger partial charge < -0.3 is 15.8 Å². The van der Waals surface area contributed by atoms with Crippen LogP contribution in [0.1, 0.15) is 32.1 Å². The summed E-state index contributed by atoms with van der Waals surface area (Å²) in [6.07, 6.45) is 5.56. The van der Waals surface area contributed by atoms with Crippen LogP contribution in [0.2, 0.25) is 5.02 Å². The van der Waals surface area contributed by atoms with E-state index in [2.05, 4.69) is 10.2 Å². The van der Waals surface area contributed by atoms with Crippen LogP contribution >= 0.6 is 11.6 Å². The van der Waals surface area contributed by atoms with Crippen molar-refractivity contribution in [3.63, 3.8) is 0 Å². The fraction of sp³-hybridized carbons (Fsp3) is 0.667. The minimum absolute atomic E-state index is 0.0505. The van der Waals surface area contributed by atoms with Crippen LogP contribution < -0.4 is 15.8 Å². The van der Waals surface area contributed by atoms with Gasteiger partial charge in [0.2, 0.25) is 5.91 Å². The number of amides is 1. The second-order valence-corrected chi connectivity index (χ2v) is 8.80. The van der Waals surface area contributed by atoms with Gasteiger partial charge in [-0.15, -0.1) is 0 Å². The third-order valence-corrected chi connectivity index (χ3v) is 6.96. The van der Waals surface area contributed by atoms with Gasteiger partial charge in [-0.1, -0.05) is 11.6 Å². The minimum Gasteiger partial charge on any atom is -0.492 e. The van der Waals surface area contributed by atoms with Crippen LogP contribution in [-0.4, -0.2) is 49.1 Å². The van der Waals surface area contributed by atoms with E-state index in [4.69, 9.17) is 22.1 Å². The maximum absolute atomic E-state index is 12.7. The SMILES string of the molecule is NC1C2CCC(C2)C1C(=O)NC1CCN(CCOc2ccc(Cl)cc2)CC1. The Hall–Kier alpha value is -1.30. The Morgan fingerprint density at radius 3 is 2.52 bits per heavy atom. The number of likely N-dealkylation sites (tertiary alicyclic amines) is 1. The predicted octanol–water partition coefficient (Wildman–Crippen LogP) is 2.67. The van der Waals surface area contributed by atoms with Gasteiger partial charge in [-0.05, 0) is 68.2 Å². The highest BCUT2D eigenvalue weighted by atomic mass is 35.5. The molecule has 2 saturated carbocycles. The Kier molecular flexibility index (Phi) is 5.90. The standard InChI is InChI=1S/C21H30ClN3O2/c22-16-3-5-18(6-4-16)27-12-11-25-9-7-17(8-10-25)24-21(26)19-14-1-2-15(13-14)20(19)23/h3-6,14-15,17,19-20H,1-2,7-13,23H2,(H,24,26). The molecule has 2 aliphatic carbocycles. The van der Waals surface area contributed by atoms with Crippen molar-refractivity contribution in [3.05, 3.63) is 29.3 Å². The summed E-state index contributed by atoms with van der Waals surface area (Å²) in [6.45, 7) is 3.56. The van der Waals surface area contributed by atoms with Crippen LogP contribution in [0, 0.1) is 17.8 Å². The first-order chi connectivity index (χ1) is 13.1. The van der Waals surface area contributed by atoms with Gasteiger partial charge in [0.1, 0.15) is 12.4 Å². The van der Waals surface area contributed by atoms with Gasteiger partial charge in [0.25, 0.3) is 0 Å².